The van der Waals surface area contributed by atoms with Gasteiger partial charge in [-0.1, -0.05) is 11.7 Å². The molecule has 0 N–H and O–H groups in total. The van der Waals surface area contributed by atoms with Gasteiger partial charge in [0.15, 0.2) is 0 Å². The first kappa shape index (κ1) is 14.5. The summed E-state index contributed by atoms with van der Waals surface area (Å²) < 4.78 is 46.3. The molecule has 1 heterocycles. The maximum Gasteiger partial charge on any atom is 0.318 e. The van der Waals surface area contributed by atoms with E-state index in [0.717, 1.165) is 23.9 Å². The van der Waals surface area contributed by atoms with Crippen molar-refractivity contribution in [3.8, 4) is 5.19 Å². The van der Waals surface area contributed by atoms with Gasteiger partial charge in [0.2, 0.25) is 26.5 Å². The van der Waals surface area contributed by atoms with Crippen molar-refractivity contribution in [1.29, 1.82) is 0 Å². The molecule has 1 rings (SSSR count). The van der Waals surface area contributed by atoms with Gasteiger partial charge in [-0.2, -0.15) is 7.84 Å². The second kappa shape index (κ2) is 7.03. The highest BCUT2D eigenvalue weighted by Crippen LogP contribution is 2.22. The van der Waals surface area contributed by atoms with Gasteiger partial charge in [0.1, 0.15) is 0 Å². The summed E-state index contributed by atoms with van der Waals surface area (Å²) in [5.41, 5.74) is 0. The molecule has 0 aliphatic rings. The predicted molar refractivity (Wildman–Crippen MR) is 61.5 cm³/mol. The number of rotatable bonds is 7. The standard InChI is InChI=1S/C5H6N2O6S4/c1-3-15(8)12-4-6-7-5(14-4)16(9)13-17(10)11-2/h3H,1H2,2H3. The molecule has 12 heteroatoms. The molecule has 0 aliphatic carbocycles. The Labute approximate surface area is 108 Å². The molecule has 96 valence electrons. The maximum atomic E-state index is 11.4. The molecular weight excluding hydrogens is 312 g/mol. The fourth-order valence-electron chi connectivity index (χ4n) is 0.510. The van der Waals surface area contributed by atoms with E-state index in [4.69, 9.17) is 4.18 Å². The van der Waals surface area contributed by atoms with Gasteiger partial charge in [0.25, 0.3) is 0 Å². The monoisotopic (exact) mass is 318 g/mol. The van der Waals surface area contributed by atoms with Crippen LogP contribution >= 0.6 is 11.3 Å². The van der Waals surface area contributed by atoms with Crippen LogP contribution < -0.4 is 4.18 Å². The molecule has 17 heavy (non-hydrogen) atoms. The summed E-state index contributed by atoms with van der Waals surface area (Å²) in [6, 6.07) is 0. The van der Waals surface area contributed by atoms with E-state index in [1.807, 2.05) is 0 Å². The minimum Gasteiger partial charge on any atom is -0.365 e. The zero-order chi connectivity index (χ0) is 12.8. The third kappa shape index (κ3) is 4.69. The van der Waals surface area contributed by atoms with Gasteiger partial charge in [-0.3, -0.25) is 4.18 Å². The first-order valence-corrected chi connectivity index (χ1v) is 7.71. The highest BCUT2D eigenvalue weighted by Gasteiger charge is 2.17. The highest BCUT2D eigenvalue weighted by molar-refractivity contribution is 7.92. The predicted octanol–water partition coefficient (Wildman–Crippen LogP) is -0.0116. The van der Waals surface area contributed by atoms with Crippen molar-refractivity contribution in [1.82, 2.24) is 10.2 Å². The molecular formula is C5H6N2O6S4. The number of hydrogen-bond donors (Lipinski definition) is 0. The van der Waals surface area contributed by atoms with E-state index < -0.39 is 33.5 Å². The molecule has 1 aromatic rings. The van der Waals surface area contributed by atoms with Crippen molar-refractivity contribution >= 4 is 44.9 Å². The lowest BCUT2D eigenvalue weighted by molar-refractivity contribution is 0.391. The third-order valence-corrected chi connectivity index (χ3v) is 4.61. The van der Waals surface area contributed by atoms with Gasteiger partial charge in [0, 0.05) is 5.41 Å². The fraction of sp³-hybridized carbons (Fsp3) is 0.200. The normalized spacial score (nSPS) is 16.1. The Morgan fingerprint density at radius 1 is 1.35 bits per heavy atom. The van der Waals surface area contributed by atoms with Crippen molar-refractivity contribution < 1.29 is 24.6 Å². The number of hydrogen-bond acceptors (Lipinski definition) is 9. The van der Waals surface area contributed by atoms with Gasteiger partial charge >= 0.3 is 16.6 Å². The van der Waals surface area contributed by atoms with Crippen LogP contribution in [0.3, 0.4) is 0 Å². The lowest BCUT2D eigenvalue weighted by atomic mass is 11.3. The summed E-state index contributed by atoms with van der Waals surface area (Å²) in [5, 5.41) is 7.88. The Balaban J connectivity index is 2.67. The zero-order valence-electron chi connectivity index (χ0n) is 8.26. The van der Waals surface area contributed by atoms with Crippen LogP contribution in [0.5, 0.6) is 5.19 Å². The maximum absolute atomic E-state index is 11.4. The zero-order valence-corrected chi connectivity index (χ0v) is 11.5. The molecule has 3 unspecified atom stereocenters. The highest BCUT2D eigenvalue weighted by atomic mass is 32.3. The molecule has 0 saturated carbocycles. The molecule has 0 aliphatic heterocycles. The van der Waals surface area contributed by atoms with Crippen LogP contribution in [0.15, 0.2) is 16.3 Å². The molecule has 8 nitrogen and oxygen atoms in total. The number of aromatic nitrogens is 2. The van der Waals surface area contributed by atoms with Crippen molar-refractivity contribution in [3.63, 3.8) is 0 Å². The summed E-state index contributed by atoms with van der Waals surface area (Å²) in [6.07, 6.45) is 0. The largest absolute Gasteiger partial charge is 0.365 e. The smallest absolute Gasteiger partial charge is 0.318 e. The SMILES string of the molecule is C=CS(=O)Oc1nnc(S(=O)OS(=O)OC)s1. The Morgan fingerprint density at radius 2 is 2.06 bits per heavy atom. The Hall–Kier alpha value is -0.530. The van der Waals surface area contributed by atoms with Crippen molar-refractivity contribution in [2.24, 2.45) is 0 Å². The second-order valence-corrected chi connectivity index (χ2v) is 6.38. The van der Waals surface area contributed by atoms with E-state index >= 15 is 0 Å². The van der Waals surface area contributed by atoms with Crippen LogP contribution in [-0.4, -0.2) is 29.9 Å². The number of nitrogens with zero attached hydrogens (tertiary/aromatic N) is 2. The fourth-order valence-corrected chi connectivity index (χ4v) is 3.10. The molecule has 3 atom stereocenters. The van der Waals surface area contributed by atoms with E-state index in [0.29, 0.717) is 0 Å². The van der Waals surface area contributed by atoms with Crippen LogP contribution in [0.2, 0.25) is 0 Å². The van der Waals surface area contributed by atoms with Gasteiger partial charge in [-0.25, -0.2) is 8.42 Å². The lowest BCUT2D eigenvalue weighted by Crippen LogP contribution is -2.02. The van der Waals surface area contributed by atoms with Crippen LogP contribution in [0.25, 0.3) is 0 Å². The van der Waals surface area contributed by atoms with Gasteiger partial charge in [-0.05, 0) is 11.3 Å². The summed E-state index contributed by atoms with van der Waals surface area (Å²) in [5.74, 6) is 0. The summed E-state index contributed by atoms with van der Waals surface area (Å²) in [4.78, 5) is 0. The third-order valence-electron chi connectivity index (χ3n) is 1.07. The molecule has 0 amide bonds. The van der Waals surface area contributed by atoms with Crippen LogP contribution in [0.4, 0.5) is 0 Å². The van der Waals surface area contributed by atoms with E-state index in [2.05, 4.69) is 24.6 Å². The average Bonchev–Trinajstić information content (AvgIpc) is 2.77. The first-order chi connectivity index (χ1) is 8.06. The lowest BCUT2D eigenvalue weighted by Gasteiger charge is -1.94. The molecule has 0 aromatic carbocycles. The van der Waals surface area contributed by atoms with Crippen molar-refractivity contribution in [2.75, 3.05) is 7.11 Å². The van der Waals surface area contributed by atoms with Crippen LogP contribution in [-0.2, 0) is 41.3 Å². The Kier molecular flexibility index (Phi) is 6.01. The quantitative estimate of drug-likeness (QED) is 0.691. The topological polar surface area (TPSA) is 105 Å². The summed E-state index contributed by atoms with van der Waals surface area (Å²) >= 11 is -5.24. The molecule has 0 radical (unpaired) electrons. The van der Waals surface area contributed by atoms with Gasteiger partial charge in [-0.15, -0.1) is 5.10 Å². The van der Waals surface area contributed by atoms with Crippen molar-refractivity contribution in [3.05, 3.63) is 12.0 Å². The first-order valence-electron chi connectivity index (χ1n) is 3.68. The average molecular weight is 318 g/mol. The molecule has 0 bridgehead atoms. The molecule has 0 spiro atoms. The Bertz CT molecular complexity index is 473. The summed E-state index contributed by atoms with van der Waals surface area (Å²) in [7, 11) is 1.12. The minimum atomic E-state index is -2.14. The van der Waals surface area contributed by atoms with E-state index in [-0.39, 0.29) is 9.53 Å². The van der Waals surface area contributed by atoms with Gasteiger partial charge < -0.3 is 4.18 Å². The van der Waals surface area contributed by atoms with Crippen LogP contribution in [0.1, 0.15) is 0 Å². The van der Waals surface area contributed by atoms with Crippen LogP contribution in [0, 0.1) is 0 Å². The Morgan fingerprint density at radius 3 is 2.65 bits per heavy atom. The van der Waals surface area contributed by atoms with Crippen molar-refractivity contribution in [2.45, 2.75) is 4.34 Å². The van der Waals surface area contributed by atoms with E-state index in [9.17, 15) is 12.6 Å². The van der Waals surface area contributed by atoms with E-state index in [1.165, 1.54) is 0 Å². The van der Waals surface area contributed by atoms with E-state index in [1.54, 1.807) is 0 Å². The summed E-state index contributed by atoms with van der Waals surface area (Å²) in [6.45, 7) is 3.24. The molecule has 1 aromatic heterocycles. The minimum absolute atomic E-state index is 0.0709. The second-order valence-electron chi connectivity index (χ2n) is 2.02. The van der Waals surface area contributed by atoms with Gasteiger partial charge in [0.05, 0.1) is 7.11 Å². The molecule has 0 fully saturated rings. The molecule has 0 saturated heterocycles.